The smallest absolute Gasteiger partial charge is 0.129 e. The first-order valence-corrected chi connectivity index (χ1v) is 8.38. The third kappa shape index (κ3) is 2.78. The fraction of sp³-hybridized carbons (Fsp3) is 0.533. The Morgan fingerprint density at radius 3 is 3.10 bits per heavy atom. The maximum Gasteiger partial charge on any atom is 0.129 e. The highest BCUT2D eigenvalue weighted by molar-refractivity contribution is 7.07. The summed E-state index contributed by atoms with van der Waals surface area (Å²) in [5, 5.41) is 5.67. The molecule has 0 bridgehead atoms. The van der Waals surface area contributed by atoms with Gasteiger partial charge in [0.25, 0.3) is 0 Å². The number of hydrogen-bond acceptors (Lipinski definition) is 6. The number of hydrogen-bond donors (Lipinski definition) is 1. The molecule has 0 unspecified atom stereocenters. The van der Waals surface area contributed by atoms with Crippen molar-refractivity contribution in [3.63, 3.8) is 0 Å². The number of aromatic nitrogens is 3. The van der Waals surface area contributed by atoms with Crippen molar-refractivity contribution in [2.24, 2.45) is 5.41 Å². The average Bonchev–Trinajstić information content (AvgIpc) is 3.10. The zero-order valence-electron chi connectivity index (χ0n) is 11.9. The van der Waals surface area contributed by atoms with Gasteiger partial charge in [-0.3, -0.25) is 4.90 Å². The van der Waals surface area contributed by atoms with E-state index in [-0.39, 0.29) is 0 Å². The highest BCUT2D eigenvalue weighted by Crippen LogP contribution is 2.49. The summed E-state index contributed by atoms with van der Waals surface area (Å²) >= 11 is 1.68. The zero-order chi connectivity index (χ0) is 14.1. The quantitative estimate of drug-likeness (QED) is 0.940. The van der Waals surface area contributed by atoms with E-state index >= 15 is 0 Å². The Morgan fingerprint density at radius 2 is 2.33 bits per heavy atom. The van der Waals surface area contributed by atoms with Gasteiger partial charge in [0.2, 0.25) is 0 Å². The van der Waals surface area contributed by atoms with Crippen molar-refractivity contribution in [1.29, 1.82) is 0 Å². The molecule has 5 nitrogen and oxygen atoms in total. The lowest BCUT2D eigenvalue weighted by molar-refractivity contribution is 0.119. The minimum absolute atomic E-state index is 0.528. The molecule has 0 radical (unpaired) electrons. The highest BCUT2D eigenvalue weighted by atomic mass is 32.1. The van der Waals surface area contributed by atoms with Crippen LogP contribution in [0.5, 0.6) is 0 Å². The van der Waals surface area contributed by atoms with Crippen molar-refractivity contribution in [3.8, 4) is 0 Å². The normalized spacial score (nSPS) is 28.7. The number of nitrogens with one attached hydrogen (secondary N) is 1. The lowest BCUT2D eigenvalue weighted by Crippen LogP contribution is -2.46. The summed E-state index contributed by atoms with van der Waals surface area (Å²) in [6, 6.07) is 2.51. The van der Waals surface area contributed by atoms with Crippen LogP contribution < -0.4 is 5.32 Å². The van der Waals surface area contributed by atoms with Crippen LogP contribution in [0.4, 0.5) is 5.82 Å². The van der Waals surface area contributed by atoms with Gasteiger partial charge in [0.1, 0.15) is 12.1 Å². The molecule has 1 saturated heterocycles. The molecule has 0 aromatic carbocycles. The second-order valence-electron chi connectivity index (χ2n) is 6.28. The van der Waals surface area contributed by atoms with Crippen LogP contribution >= 0.6 is 11.3 Å². The molecule has 21 heavy (non-hydrogen) atoms. The standard InChI is InChI=1S/C15H19N5S/c1-3-16-10-17-14(1)19-12-5-15(6-12)2-4-20(9-15)7-13-8-21-11-18-13/h1,3,8,10-12H,2,4-7,9H2,(H,16,17,19). The molecule has 4 rings (SSSR count). The lowest BCUT2D eigenvalue weighted by Gasteiger charge is -2.45. The molecule has 2 aromatic rings. The van der Waals surface area contributed by atoms with Gasteiger partial charge in [0.05, 0.1) is 11.2 Å². The van der Waals surface area contributed by atoms with E-state index in [2.05, 4.69) is 30.5 Å². The first-order valence-electron chi connectivity index (χ1n) is 7.43. The van der Waals surface area contributed by atoms with Crippen molar-refractivity contribution in [2.45, 2.75) is 31.8 Å². The predicted octanol–water partition coefficient (Wildman–Crippen LogP) is 2.40. The highest BCUT2D eigenvalue weighted by Gasteiger charge is 2.48. The van der Waals surface area contributed by atoms with Crippen molar-refractivity contribution in [1.82, 2.24) is 19.9 Å². The first kappa shape index (κ1) is 13.2. The van der Waals surface area contributed by atoms with Gasteiger partial charge in [0, 0.05) is 30.7 Å². The van der Waals surface area contributed by atoms with Crippen LogP contribution in [0.15, 0.2) is 29.5 Å². The molecule has 1 saturated carbocycles. The van der Waals surface area contributed by atoms with Crippen LogP contribution in [-0.2, 0) is 6.54 Å². The van der Waals surface area contributed by atoms with Crippen LogP contribution in [0.25, 0.3) is 0 Å². The van der Waals surface area contributed by atoms with E-state index in [1.165, 1.54) is 38.0 Å². The Bertz CT molecular complexity index is 579. The third-order valence-electron chi connectivity index (χ3n) is 4.68. The van der Waals surface area contributed by atoms with E-state index in [1.54, 1.807) is 23.9 Å². The van der Waals surface area contributed by atoms with E-state index in [4.69, 9.17) is 0 Å². The van der Waals surface area contributed by atoms with Gasteiger partial charge in [-0.15, -0.1) is 11.3 Å². The van der Waals surface area contributed by atoms with Crippen molar-refractivity contribution in [2.75, 3.05) is 18.4 Å². The summed E-state index contributed by atoms with van der Waals surface area (Å²) < 4.78 is 0. The fourth-order valence-electron chi connectivity index (χ4n) is 3.71. The molecular weight excluding hydrogens is 282 g/mol. The maximum atomic E-state index is 4.39. The van der Waals surface area contributed by atoms with Crippen molar-refractivity contribution in [3.05, 3.63) is 35.2 Å². The molecule has 110 valence electrons. The van der Waals surface area contributed by atoms with Gasteiger partial charge in [-0.1, -0.05) is 0 Å². The number of anilines is 1. The number of thiazole rings is 1. The maximum absolute atomic E-state index is 4.39. The Balaban J connectivity index is 1.29. The van der Waals surface area contributed by atoms with E-state index in [0.29, 0.717) is 11.5 Å². The first-order chi connectivity index (χ1) is 10.3. The molecule has 1 aliphatic heterocycles. The van der Waals surface area contributed by atoms with Crippen LogP contribution in [0.2, 0.25) is 0 Å². The number of likely N-dealkylation sites (tertiary alicyclic amines) is 1. The predicted molar refractivity (Wildman–Crippen MR) is 83.1 cm³/mol. The molecule has 2 aliphatic rings. The van der Waals surface area contributed by atoms with Gasteiger partial charge in [-0.25, -0.2) is 15.0 Å². The second kappa shape index (κ2) is 5.35. The fourth-order valence-corrected chi connectivity index (χ4v) is 4.26. The molecule has 0 amide bonds. The van der Waals surface area contributed by atoms with Gasteiger partial charge in [-0.2, -0.15) is 0 Å². The summed E-state index contributed by atoms with van der Waals surface area (Å²) in [4.78, 5) is 15.1. The van der Waals surface area contributed by atoms with E-state index in [0.717, 1.165) is 12.4 Å². The Kier molecular flexibility index (Phi) is 3.35. The largest absolute Gasteiger partial charge is 0.367 e. The molecule has 1 N–H and O–H groups in total. The zero-order valence-corrected chi connectivity index (χ0v) is 12.7. The minimum atomic E-state index is 0.528. The Hall–Kier alpha value is -1.53. The van der Waals surface area contributed by atoms with Crippen LogP contribution in [0.1, 0.15) is 25.0 Å². The SMILES string of the molecule is c1cc(NC2CC3(CCN(Cc4cscn4)C3)C2)ncn1. The molecular formula is C15H19N5S. The lowest BCUT2D eigenvalue weighted by atomic mass is 9.65. The van der Waals surface area contributed by atoms with E-state index in [9.17, 15) is 0 Å². The monoisotopic (exact) mass is 301 g/mol. The van der Waals surface area contributed by atoms with Gasteiger partial charge >= 0.3 is 0 Å². The van der Waals surface area contributed by atoms with Crippen LogP contribution in [0.3, 0.4) is 0 Å². The molecule has 1 aliphatic carbocycles. The molecule has 2 fully saturated rings. The van der Waals surface area contributed by atoms with E-state index < -0.39 is 0 Å². The summed E-state index contributed by atoms with van der Waals surface area (Å²) in [6.45, 7) is 3.43. The van der Waals surface area contributed by atoms with Gasteiger partial charge in [-0.05, 0) is 37.3 Å². The molecule has 0 atom stereocenters. The van der Waals surface area contributed by atoms with Crippen LogP contribution in [0, 0.1) is 5.41 Å². The number of rotatable bonds is 4. The van der Waals surface area contributed by atoms with Gasteiger partial charge < -0.3 is 5.32 Å². The Labute approximate surface area is 128 Å². The molecule has 2 aromatic heterocycles. The molecule has 3 heterocycles. The topological polar surface area (TPSA) is 53.9 Å². The van der Waals surface area contributed by atoms with E-state index in [1.807, 2.05) is 11.6 Å². The summed E-state index contributed by atoms with van der Waals surface area (Å²) in [6.07, 6.45) is 7.21. The third-order valence-corrected chi connectivity index (χ3v) is 5.31. The van der Waals surface area contributed by atoms with Crippen molar-refractivity contribution < 1.29 is 0 Å². The molecule has 6 heteroatoms. The second-order valence-corrected chi connectivity index (χ2v) is 7.00. The Morgan fingerprint density at radius 1 is 1.38 bits per heavy atom. The summed E-state index contributed by atoms with van der Waals surface area (Å²) in [7, 11) is 0. The summed E-state index contributed by atoms with van der Waals surface area (Å²) in [5.41, 5.74) is 3.67. The number of nitrogens with zero attached hydrogens (tertiary/aromatic N) is 4. The van der Waals surface area contributed by atoms with Crippen LogP contribution in [-0.4, -0.2) is 39.0 Å². The van der Waals surface area contributed by atoms with Gasteiger partial charge in [0.15, 0.2) is 0 Å². The average molecular weight is 301 g/mol. The van der Waals surface area contributed by atoms with Crippen molar-refractivity contribution >= 4 is 17.2 Å². The summed E-state index contributed by atoms with van der Waals surface area (Å²) in [5.74, 6) is 0.946. The minimum Gasteiger partial charge on any atom is -0.367 e. The molecule has 1 spiro atoms.